The standard InChI is InChI=1S/C18H18O4/c19-18(15-9-5-2-6-10-15)21-12-16-11-20-13-22-17(16)14-7-3-1-4-8-14/h1-10,16-17H,11-13H2/t16-,17-/m0/s1. The van der Waals surface area contributed by atoms with Crippen molar-refractivity contribution < 1.29 is 19.0 Å². The van der Waals surface area contributed by atoms with E-state index in [1.54, 1.807) is 12.1 Å². The summed E-state index contributed by atoms with van der Waals surface area (Å²) < 4.78 is 16.5. The highest BCUT2D eigenvalue weighted by molar-refractivity contribution is 5.89. The molecule has 22 heavy (non-hydrogen) atoms. The van der Waals surface area contributed by atoms with Crippen molar-refractivity contribution in [1.29, 1.82) is 0 Å². The van der Waals surface area contributed by atoms with E-state index >= 15 is 0 Å². The van der Waals surface area contributed by atoms with E-state index in [9.17, 15) is 4.79 Å². The molecule has 1 fully saturated rings. The fraction of sp³-hybridized carbons (Fsp3) is 0.278. The van der Waals surface area contributed by atoms with Gasteiger partial charge in [0.25, 0.3) is 0 Å². The molecule has 3 rings (SSSR count). The van der Waals surface area contributed by atoms with Crippen LogP contribution < -0.4 is 0 Å². The number of ether oxygens (including phenoxy) is 3. The van der Waals surface area contributed by atoms with Gasteiger partial charge in [0.15, 0.2) is 0 Å². The first-order valence-electron chi connectivity index (χ1n) is 7.31. The summed E-state index contributed by atoms with van der Waals surface area (Å²) in [4.78, 5) is 12.0. The van der Waals surface area contributed by atoms with Gasteiger partial charge in [-0.15, -0.1) is 0 Å². The lowest BCUT2D eigenvalue weighted by atomic mass is 9.96. The van der Waals surface area contributed by atoms with Crippen LogP contribution in [-0.4, -0.2) is 26.0 Å². The Bertz CT molecular complexity index is 597. The molecule has 0 aliphatic carbocycles. The van der Waals surface area contributed by atoms with Gasteiger partial charge in [-0.2, -0.15) is 0 Å². The Morgan fingerprint density at radius 1 is 1.05 bits per heavy atom. The number of rotatable bonds is 4. The SMILES string of the molecule is O=C(OC[C@@H]1COCO[C@H]1c1ccccc1)c1ccccc1. The van der Waals surface area contributed by atoms with Crippen molar-refractivity contribution in [3.63, 3.8) is 0 Å². The zero-order chi connectivity index (χ0) is 15.2. The molecule has 0 bridgehead atoms. The van der Waals surface area contributed by atoms with Gasteiger partial charge in [-0.05, 0) is 17.7 Å². The molecule has 0 N–H and O–H groups in total. The Balaban J connectivity index is 1.64. The van der Waals surface area contributed by atoms with Crippen LogP contribution in [0.4, 0.5) is 0 Å². The average Bonchev–Trinajstić information content (AvgIpc) is 2.61. The maximum atomic E-state index is 12.0. The molecule has 0 saturated carbocycles. The molecule has 1 saturated heterocycles. The van der Waals surface area contributed by atoms with Crippen LogP contribution in [-0.2, 0) is 14.2 Å². The topological polar surface area (TPSA) is 44.8 Å². The van der Waals surface area contributed by atoms with Crippen molar-refractivity contribution >= 4 is 5.97 Å². The van der Waals surface area contributed by atoms with Crippen LogP contribution >= 0.6 is 0 Å². The van der Waals surface area contributed by atoms with E-state index in [1.165, 1.54) is 0 Å². The second-order valence-corrected chi connectivity index (χ2v) is 5.21. The van der Waals surface area contributed by atoms with Crippen molar-refractivity contribution in [1.82, 2.24) is 0 Å². The lowest BCUT2D eigenvalue weighted by Crippen LogP contribution is -2.32. The van der Waals surface area contributed by atoms with Crippen molar-refractivity contribution in [3.05, 3.63) is 71.8 Å². The van der Waals surface area contributed by atoms with Crippen LogP contribution in [0, 0.1) is 5.92 Å². The lowest BCUT2D eigenvalue weighted by Gasteiger charge is -2.31. The highest BCUT2D eigenvalue weighted by Crippen LogP contribution is 2.30. The number of benzene rings is 2. The molecule has 114 valence electrons. The Morgan fingerprint density at radius 2 is 1.73 bits per heavy atom. The summed E-state index contributed by atoms with van der Waals surface area (Å²) >= 11 is 0. The van der Waals surface area contributed by atoms with Gasteiger partial charge < -0.3 is 14.2 Å². The van der Waals surface area contributed by atoms with E-state index in [-0.39, 0.29) is 31.4 Å². The Kier molecular flexibility index (Phi) is 4.83. The molecule has 1 aliphatic rings. The molecule has 0 aromatic heterocycles. The largest absolute Gasteiger partial charge is 0.462 e. The molecule has 0 spiro atoms. The molecule has 0 unspecified atom stereocenters. The van der Waals surface area contributed by atoms with E-state index in [2.05, 4.69) is 0 Å². The Morgan fingerprint density at radius 3 is 2.45 bits per heavy atom. The molecule has 4 heteroatoms. The molecule has 1 aliphatic heterocycles. The summed E-state index contributed by atoms with van der Waals surface area (Å²) in [5, 5.41) is 0. The zero-order valence-electron chi connectivity index (χ0n) is 12.2. The normalized spacial score (nSPS) is 21.3. The predicted octanol–water partition coefficient (Wildman–Crippen LogP) is 3.21. The Labute approximate surface area is 129 Å². The number of carbonyl (C=O) groups is 1. The Hall–Kier alpha value is -2.17. The summed E-state index contributed by atoms with van der Waals surface area (Å²) in [5.41, 5.74) is 1.63. The maximum absolute atomic E-state index is 12.0. The van der Waals surface area contributed by atoms with Crippen molar-refractivity contribution in [3.8, 4) is 0 Å². The average molecular weight is 298 g/mol. The molecular formula is C18H18O4. The van der Waals surface area contributed by atoms with Crippen LogP contribution in [0.2, 0.25) is 0 Å². The van der Waals surface area contributed by atoms with E-state index in [0.29, 0.717) is 12.2 Å². The number of hydrogen-bond donors (Lipinski definition) is 0. The third-order valence-corrected chi connectivity index (χ3v) is 3.66. The third-order valence-electron chi connectivity index (χ3n) is 3.66. The highest BCUT2D eigenvalue weighted by atomic mass is 16.7. The second-order valence-electron chi connectivity index (χ2n) is 5.21. The minimum atomic E-state index is -0.321. The lowest BCUT2D eigenvalue weighted by molar-refractivity contribution is -0.180. The summed E-state index contributed by atoms with van der Waals surface area (Å²) in [7, 11) is 0. The molecule has 0 radical (unpaired) electrons. The van der Waals surface area contributed by atoms with Crippen molar-refractivity contribution in [2.75, 3.05) is 20.0 Å². The number of carbonyl (C=O) groups excluding carboxylic acids is 1. The molecular weight excluding hydrogens is 280 g/mol. The number of hydrogen-bond acceptors (Lipinski definition) is 4. The quantitative estimate of drug-likeness (QED) is 0.813. The van der Waals surface area contributed by atoms with Crippen molar-refractivity contribution in [2.24, 2.45) is 5.92 Å². The number of esters is 1. The van der Waals surface area contributed by atoms with Crippen LogP contribution in [0.1, 0.15) is 22.0 Å². The summed E-state index contributed by atoms with van der Waals surface area (Å²) in [5.74, 6) is -0.332. The second kappa shape index (κ2) is 7.20. The first-order valence-corrected chi connectivity index (χ1v) is 7.31. The molecule has 2 atom stereocenters. The fourth-order valence-corrected chi connectivity index (χ4v) is 2.53. The smallest absolute Gasteiger partial charge is 0.338 e. The zero-order valence-corrected chi connectivity index (χ0v) is 12.2. The third kappa shape index (κ3) is 3.53. The minimum Gasteiger partial charge on any atom is -0.462 e. The van der Waals surface area contributed by atoms with Gasteiger partial charge in [0.2, 0.25) is 0 Å². The van der Waals surface area contributed by atoms with Crippen LogP contribution in [0.25, 0.3) is 0 Å². The fourth-order valence-electron chi connectivity index (χ4n) is 2.53. The van der Waals surface area contributed by atoms with Crippen LogP contribution in [0.3, 0.4) is 0 Å². The van der Waals surface area contributed by atoms with Gasteiger partial charge in [-0.3, -0.25) is 0 Å². The van der Waals surface area contributed by atoms with Crippen molar-refractivity contribution in [2.45, 2.75) is 6.10 Å². The first kappa shape index (κ1) is 14.8. The molecule has 0 amide bonds. The van der Waals surface area contributed by atoms with E-state index in [1.807, 2.05) is 48.5 Å². The molecule has 1 heterocycles. The van der Waals surface area contributed by atoms with Gasteiger partial charge in [-0.25, -0.2) is 4.79 Å². The highest BCUT2D eigenvalue weighted by Gasteiger charge is 2.29. The van der Waals surface area contributed by atoms with Gasteiger partial charge in [0.05, 0.1) is 24.9 Å². The van der Waals surface area contributed by atoms with E-state index in [0.717, 1.165) is 5.56 Å². The predicted molar refractivity (Wildman–Crippen MR) is 81.3 cm³/mol. The van der Waals surface area contributed by atoms with Crippen LogP contribution in [0.5, 0.6) is 0 Å². The van der Waals surface area contributed by atoms with Crippen LogP contribution in [0.15, 0.2) is 60.7 Å². The van der Waals surface area contributed by atoms with Gasteiger partial charge in [-0.1, -0.05) is 48.5 Å². The van der Waals surface area contributed by atoms with Gasteiger partial charge in [0.1, 0.15) is 6.79 Å². The summed E-state index contributed by atoms with van der Waals surface area (Å²) in [6, 6.07) is 18.9. The minimum absolute atomic E-state index is 0.0104. The molecule has 4 nitrogen and oxygen atoms in total. The van der Waals surface area contributed by atoms with Gasteiger partial charge >= 0.3 is 5.97 Å². The van der Waals surface area contributed by atoms with E-state index < -0.39 is 0 Å². The summed E-state index contributed by atoms with van der Waals surface area (Å²) in [6.07, 6.45) is -0.112. The molecule has 2 aromatic rings. The maximum Gasteiger partial charge on any atom is 0.338 e. The van der Waals surface area contributed by atoms with Gasteiger partial charge in [0, 0.05) is 5.92 Å². The first-order chi connectivity index (χ1) is 10.8. The summed E-state index contributed by atoms with van der Waals surface area (Å²) in [6.45, 7) is 1.05. The monoisotopic (exact) mass is 298 g/mol. The van der Waals surface area contributed by atoms with E-state index in [4.69, 9.17) is 14.2 Å². The molecule has 2 aromatic carbocycles.